The molecule has 1 aliphatic rings. The first-order chi connectivity index (χ1) is 9.89. The fourth-order valence-electron chi connectivity index (χ4n) is 2.64. The molecule has 3 heteroatoms. The van der Waals surface area contributed by atoms with E-state index >= 15 is 0 Å². The molecule has 0 aromatic heterocycles. The highest BCUT2D eigenvalue weighted by atomic mass is 35.5. The Kier molecular flexibility index (Phi) is 5.56. The Balaban J connectivity index is 2.02. The number of rotatable bonds is 6. The second kappa shape index (κ2) is 7.02. The summed E-state index contributed by atoms with van der Waals surface area (Å²) in [6.45, 7) is 11.8. The van der Waals surface area contributed by atoms with Crippen LogP contribution in [0.2, 0.25) is 5.02 Å². The zero-order valence-electron chi connectivity index (χ0n) is 13.9. The van der Waals surface area contributed by atoms with Crippen LogP contribution >= 0.6 is 11.6 Å². The molecule has 21 heavy (non-hydrogen) atoms. The molecule has 0 saturated heterocycles. The van der Waals surface area contributed by atoms with E-state index in [4.69, 9.17) is 11.6 Å². The normalized spacial score (nSPS) is 15.9. The maximum absolute atomic E-state index is 6.48. The highest BCUT2D eigenvalue weighted by Gasteiger charge is 2.20. The second-order valence-corrected chi connectivity index (χ2v) is 7.62. The molecule has 0 bridgehead atoms. The van der Waals surface area contributed by atoms with E-state index in [-0.39, 0.29) is 5.54 Å². The predicted octanol–water partition coefficient (Wildman–Crippen LogP) is 4.85. The van der Waals surface area contributed by atoms with E-state index in [1.165, 1.54) is 37.1 Å². The van der Waals surface area contributed by atoms with Crippen molar-refractivity contribution < 1.29 is 0 Å². The molecule has 2 nitrogen and oxygen atoms in total. The molecule has 2 rings (SSSR count). The molecule has 118 valence electrons. The molecule has 0 unspecified atom stereocenters. The summed E-state index contributed by atoms with van der Waals surface area (Å²) >= 11 is 6.48. The van der Waals surface area contributed by atoms with Gasteiger partial charge in [0.1, 0.15) is 0 Å². The van der Waals surface area contributed by atoms with Gasteiger partial charge in [-0.1, -0.05) is 24.1 Å². The Bertz CT molecular complexity index is 461. The van der Waals surface area contributed by atoms with E-state index in [1.807, 2.05) is 0 Å². The summed E-state index contributed by atoms with van der Waals surface area (Å²) in [6.07, 6.45) is 4.18. The molecule has 1 fully saturated rings. The highest BCUT2D eigenvalue weighted by molar-refractivity contribution is 6.31. The molecule has 1 aromatic rings. The third-order valence-electron chi connectivity index (χ3n) is 4.30. The number of hydrogen-bond donors (Lipinski definition) is 1. The van der Waals surface area contributed by atoms with Gasteiger partial charge >= 0.3 is 0 Å². The first-order valence-electron chi connectivity index (χ1n) is 8.17. The summed E-state index contributed by atoms with van der Waals surface area (Å²) < 4.78 is 0. The van der Waals surface area contributed by atoms with Crippen LogP contribution in [0.15, 0.2) is 18.2 Å². The van der Waals surface area contributed by atoms with Crippen molar-refractivity contribution in [1.29, 1.82) is 0 Å². The topological polar surface area (TPSA) is 15.3 Å². The lowest BCUT2D eigenvalue weighted by atomic mass is 9.85. The van der Waals surface area contributed by atoms with E-state index in [0.717, 1.165) is 24.0 Å². The van der Waals surface area contributed by atoms with E-state index in [9.17, 15) is 0 Å². The molecular formula is C18H29ClN2. The van der Waals surface area contributed by atoms with Crippen molar-refractivity contribution in [1.82, 2.24) is 5.32 Å². The van der Waals surface area contributed by atoms with Crippen molar-refractivity contribution in [3.63, 3.8) is 0 Å². The van der Waals surface area contributed by atoms with Gasteiger partial charge in [-0.05, 0) is 64.2 Å². The van der Waals surface area contributed by atoms with Gasteiger partial charge in [-0.2, -0.15) is 0 Å². The van der Waals surface area contributed by atoms with Crippen molar-refractivity contribution in [2.45, 2.75) is 59.0 Å². The van der Waals surface area contributed by atoms with Crippen LogP contribution in [-0.2, 0) is 6.54 Å². The maximum atomic E-state index is 6.48. The molecule has 0 atom stereocenters. The van der Waals surface area contributed by atoms with E-state index in [1.54, 1.807) is 0 Å². The monoisotopic (exact) mass is 308 g/mol. The number of anilines is 1. The third kappa shape index (κ3) is 4.89. The van der Waals surface area contributed by atoms with E-state index < -0.39 is 0 Å². The smallest absolute Gasteiger partial charge is 0.0471 e. The number of nitrogens with one attached hydrogen (secondary N) is 1. The van der Waals surface area contributed by atoms with Crippen molar-refractivity contribution in [2.75, 3.05) is 18.0 Å². The van der Waals surface area contributed by atoms with Crippen LogP contribution in [0.1, 0.15) is 52.5 Å². The first-order valence-corrected chi connectivity index (χ1v) is 8.55. The number of hydrogen-bond acceptors (Lipinski definition) is 2. The van der Waals surface area contributed by atoms with Crippen LogP contribution in [0.5, 0.6) is 0 Å². The quantitative estimate of drug-likeness (QED) is 0.807. The first kappa shape index (κ1) is 16.6. The Hall–Kier alpha value is -0.730. The second-order valence-electron chi connectivity index (χ2n) is 7.21. The van der Waals surface area contributed by atoms with Crippen LogP contribution in [0.4, 0.5) is 5.69 Å². The number of benzene rings is 1. The van der Waals surface area contributed by atoms with Crippen molar-refractivity contribution in [3.05, 3.63) is 28.8 Å². The summed E-state index contributed by atoms with van der Waals surface area (Å²) in [5.74, 6) is 0.881. The van der Waals surface area contributed by atoms with Crippen LogP contribution in [0, 0.1) is 5.92 Å². The Labute approximate surface area is 134 Å². The third-order valence-corrected chi connectivity index (χ3v) is 4.65. The van der Waals surface area contributed by atoms with Gasteiger partial charge in [0.25, 0.3) is 0 Å². The van der Waals surface area contributed by atoms with E-state index in [0.29, 0.717) is 0 Å². The molecule has 0 spiro atoms. The largest absolute Gasteiger partial charge is 0.371 e. The minimum absolute atomic E-state index is 0.113. The Morgan fingerprint density at radius 3 is 2.48 bits per heavy atom. The minimum atomic E-state index is 0.113. The van der Waals surface area contributed by atoms with Gasteiger partial charge in [-0.3, -0.25) is 0 Å². The molecule has 0 aliphatic heterocycles. The SMILES string of the molecule is CCN(CC1CCC1)c1ccc(CNC(C)(C)C)c(Cl)c1. The zero-order valence-corrected chi connectivity index (χ0v) is 14.6. The van der Waals surface area contributed by atoms with Crippen molar-refractivity contribution in [2.24, 2.45) is 5.92 Å². The van der Waals surface area contributed by atoms with Gasteiger partial charge in [0.15, 0.2) is 0 Å². The summed E-state index contributed by atoms with van der Waals surface area (Å²) in [7, 11) is 0. The molecular weight excluding hydrogens is 280 g/mol. The molecule has 0 amide bonds. The highest BCUT2D eigenvalue weighted by Crippen LogP contribution is 2.30. The van der Waals surface area contributed by atoms with Gasteiger partial charge in [-0.15, -0.1) is 0 Å². The van der Waals surface area contributed by atoms with Gasteiger partial charge in [-0.25, -0.2) is 0 Å². The molecule has 0 radical (unpaired) electrons. The standard InChI is InChI=1S/C18H29ClN2/c1-5-21(13-14-7-6-8-14)16-10-9-15(17(19)11-16)12-20-18(2,3)4/h9-11,14,20H,5-8,12-13H2,1-4H3. The van der Waals surface area contributed by atoms with Crippen molar-refractivity contribution >= 4 is 17.3 Å². The zero-order chi connectivity index (χ0) is 15.5. The summed E-state index contributed by atoms with van der Waals surface area (Å²) in [5, 5.41) is 4.37. The lowest BCUT2D eigenvalue weighted by Gasteiger charge is -2.33. The number of nitrogens with zero attached hydrogens (tertiary/aromatic N) is 1. The summed E-state index contributed by atoms with van der Waals surface area (Å²) in [4.78, 5) is 2.46. The predicted molar refractivity (Wildman–Crippen MR) is 93.3 cm³/mol. The lowest BCUT2D eigenvalue weighted by molar-refractivity contribution is 0.318. The van der Waals surface area contributed by atoms with Crippen LogP contribution in [0.25, 0.3) is 0 Å². The molecule has 1 aliphatic carbocycles. The maximum Gasteiger partial charge on any atom is 0.0471 e. The van der Waals surface area contributed by atoms with Gasteiger partial charge < -0.3 is 10.2 Å². The molecule has 0 heterocycles. The number of halogens is 1. The van der Waals surface area contributed by atoms with Gasteiger partial charge in [0, 0.05) is 35.9 Å². The molecule has 1 aromatic carbocycles. The fraction of sp³-hybridized carbons (Fsp3) is 0.667. The average Bonchev–Trinajstić information content (AvgIpc) is 2.35. The molecule has 1 saturated carbocycles. The van der Waals surface area contributed by atoms with Crippen LogP contribution < -0.4 is 10.2 Å². The van der Waals surface area contributed by atoms with Crippen LogP contribution in [0.3, 0.4) is 0 Å². The van der Waals surface area contributed by atoms with Crippen molar-refractivity contribution in [3.8, 4) is 0 Å². The lowest BCUT2D eigenvalue weighted by Crippen LogP contribution is -2.35. The minimum Gasteiger partial charge on any atom is -0.371 e. The van der Waals surface area contributed by atoms with Gasteiger partial charge in [0.2, 0.25) is 0 Å². The fourth-order valence-corrected chi connectivity index (χ4v) is 2.88. The Morgan fingerprint density at radius 2 is 2.00 bits per heavy atom. The van der Waals surface area contributed by atoms with E-state index in [2.05, 4.69) is 56.1 Å². The van der Waals surface area contributed by atoms with Gasteiger partial charge in [0.05, 0.1) is 0 Å². The Morgan fingerprint density at radius 1 is 1.29 bits per heavy atom. The summed E-state index contributed by atoms with van der Waals surface area (Å²) in [5.41, 5.74) is 2.55. The molecule has 1 N–H and O–H groups in total. The average molecular weight is 309 g/mol. The summed E-state index contributed by atoms with van der Waals surface area (Å²) in [6, 6.07) is 6.51. The van der Waals surface area contributed by atoms with Crippen LogP contribution in [-0.4, -0.2) is 18.6 Å².